The molecule has 1 atom stereocenters. The molecule has 3 heterocycles. The number of thioether (sulfide) groups is 1. The lowest BCUT2D eigenvalue weighted by Gasteiger charge is -2.14. The molecule has 1 aromatic heterocycles. The van der Waals surface area contributed by atoms with Gasteiger partial charge in [-0.3, -0.25) is 0 Å². The number of fused-ring (bicyclic) bond motifs is 1. The molecule has 4 rings (SSSR count). The monoisotopic (exact) mass is 314 g/mol. The van der Waals surface area contributed by atoms with Crippen molar-refractivity contribution >= 4 is 17.7 Å². The number of aryl methyl sites for hydroxylation is 1. The summed E-state index contributed by atoms with van der Waals surface area (Å²) in [6.45, 7) is 2.31. The molecule has 6 heteroatoms. The molecule has 2 aromatic rings. The van der Waals surface area contributed by atoms with Crippen LogP contribution in [0.25, 0.3) is 0 Å². The molecule has 0 bridgehead atoms. The van der Waals surface area contributed by atoms with Crippen molar-refractivity contribution in [3.8, 4) is 5.75 Å². The molecule has 0 fully saturated rings. The number of hydrogen-bond donors (Lipinski definition) is 0. The first-order valence-electron chi connectivity index (χ1n) is 6.93. The van der Waals surface area contributed by atoms with Gasteiger partial charge >= 0.3 is 0 Å². The van der Waals surface area contributed by atoms with Crippen molar-refractivity contribution in [2.75, 3.05) is 6.61 Å². The second-order valence-electron chi connectivity index (χ2n) is 4.95. The van der Waals surface area contributed by atoms with Crippen molar-refractivity contribution in [3.63, 3.8) is 0 Å². The predicted molar refractivity (Wildman–Crippen MR) is 84.2 cm³/mol. The topological polar surface area (TPSA) is 47.2 Å². The Morgan fingerprint density at radius 3 is 3.00 bits per heavy atom. The molecule has 1 aromatic carbocycles. The minimum Gasteiger partial charge on any atom is -0.484 e. The highest BCUT2D eigenvalue weighted by Gasteiger charge is 2.37. The van der Waals surface area contributed by atoms with Gasteiger partial charge in [-0.25, -0.2) is 5.01 Å². The summed E-state index contributed by atoms with van der Waals surface area (Å²) in [4.78, 5) is 0. The number of ether oxygens (including phenoxy) is 2. The van der Waals surface area contributed by atoms with Gasteiger partial charge in [0.15, 0.2) is 12.0 Å². The number of hydrogen-bond acceptors (Lipinski definition) is 6. The van der Waals surface area contributed by atoms with Gasteiger partial charge in [0.05, 0.1) is 6.26 Å². The molecule has 2 aliphatic heterocycles. The lowest BCUT2D eigenvalue weighted by molar-refractivity contribution is 0.241. The molecule has 5 nitrogen and oxygen atoms in total. The zero-order valence-electron chi connectivity index (χ0n) is 11.9. The number of rotatable bonds is 4. The van der Waals surface area contributed by atoms with Crippen molar-refractivity contribution in [2.24, 2.45) is 5.10 Å². The van der Waals surface area contributed by atoms with Crippen LogP contribution in [0.4, 0.5) is 0 Å². The fourth-order valence-electron chi connectivity index (χ4n) is 2.32. The average molecular weight is 314 g/mol. The van der Waals surface area contributed by atoms with E-state index in [-0.39, 0.29) is 5.37 Å². The highest BCUT2D eigenvalue weighted by molar-refractivity contribution is 8.02. The van der Waals surface area contributed by atoms with Gasteiger partial charge in [0.25, 0.3) is 5.90 Å². The molecule has 0 amide bonds. The number of benzene rings is 1. The van der Waals surface area contributed by atoms with Gasteiger partial charge in [-0.1, -0.05) is 30.0 Å². The van der Waals surface area contributed by atoms with Crippen molar-refractivity contribution in [1.29, 1.82) is 0 Å². The van der Waals surface area contributed by atoms with Gasteiger partial charge < -0.3 is 13.9 Å². The Kier molecular flexibility index (Phi) is 3.31. The Morgan fingerprint density at radius 2 is 2.18 bits per heavy atom. The molecular weight excluding hydrogens is 300 g/mol. The van der Waals surface area contributed by atoms with Gasteiger partial charge in [-0.15, -0.1) is 5.10 Å². The van der Waals surface area contributed by atoms with Crippen LogP contribution in [0.15, 0.2) is 63.5 Å². The van der Waals surface area contributed by atoms with Gasteiger partial charge in [0, 0.05) is 5.41 Å². The van der Waals surface area contributed by atoms with Crippen LogP contribution in [0, 0.1) is 6.92 Å². The van der Waals surface area contributed by atoms with Crippen molar-refractivity contribution in [3.05, 3.63) is 65.3 Å². The average Bonchev–Trinajstić information content (AvgIpc) is 3.22. The maximum atomic E-state index is 5.77. The van der Waals surface area contributed by atoms with E-state index in [1.807, 2.05) is 53.7 Å². The summed E-state index contributed by atoms with van der Waals surface area (Å²) >= 11 is 1.61. The third-order valence-corrected chi connectivity index (χ3v) is 4.45. The fourth-order valence-corrected chi connectivity index (χ4v) is 3.26. The van der Waals surface area contributed by atoms with E-state index in [0.717, 1.165) is 23.0 Å². The molecule has 2 aliphatic rings. The van der Waals surface area contributed by atoms with Crippen molar-refractivity contribution < 1.29 is 13.9 Å². The molecule has 0 radical (unpaired) electrons. The molecule has 0 N–H and O–H groups in total. The Bertz CT molecular complexity index is 740. The van der Waals surface area contributed by atoms with Gasteiger partial charge in [0.2, 0.25) is 5.88 Å². The summed E-state index contributed by atoms with van der Waals surface area (Å²) in [5.74, 6) is 2.96. The Hall–Kier alpha value is -2.34. The molecule has 0 saturated heterocycles. The quantitative estimate of drug-likeness (QED) is 0.857. The van der Waals surface area contributed by atoms with Crippen molar-refractivity contribution in [1.82, 2.24) is 5.01 Å². The molecule has 0 saturated carbocycles. The minimum absolute atomic E-state index is 0.0130. The summed E-state index contributed by atoms with van der Waals surface area (Å²) in [7, 11) is 0. The van der Waals surface area contributed by atoms with Gasteiger partial charge in [-0.05, 0) is 30.7 Å². The summed E-state index contributed by atoms with van der Waals surface area (Å²) in [6.07, 6.45) is 1.66. The van der Waals surface area contributed by atoms with Crippen LogP contribution in [0.2, 0.25) is 0 Å². The normalized spacial score (nSPS) is 19.5. The number of para-hydroxylation sites is 1. The van der Waals surface area contributed by atoms with E-state index >= 15 is 0 Å². The van der Waals surface area contributed by atoms with Gasteiger partial charge in [-0.2, -0.15) is 0 Å². The largest absolute Gasteiger partial charge is 0.484 e. The number of hydrazone groups is 1. The number of nitrogens with zero attached hydrogens (tertiary/aromatic N) is 2. The van der Waals surface area contributed by atoms with E-state index in [9.17, 15) is 0 Å². The fraction of sp³-hybridized carbons (Fsp3) is 0.188. The van der Waals surface area contributed by atoms with E-state index in [4.69, 9.17) is 13.9 Å². The smallest absolute Gasteiger partial charge is 0.252 e. The zero-order chi connectivity index (χ0) is 14.9. The summed E-state index contributed by atoms with van der Waals surface area (Å²) in [5.41, 5.74) is 1.09. The molecule has 0 aliphatic carbocycles. The second-order valence-corrected chi connectivity index (χ2v) is 5.91. The summed E-state index contributed by atoms with van der Waals surface area (Å²) in [6, 6.07) is 11.7. The molecular formula is C16H14N2O3S. The van der Waals surface area contributed by atoms with E-state index in [1.54, 1.807) is 18.0 Å². The van der Waals surface area contributed by atoms with Crippen molar-refractivity contribution in [2.45, 2.75) is 12.3 Å². The van der Waals surface area contributed by atoms with E-state index in [1.165, 1.54) is 0 Å². The van der Waals surface area contributed by atoms with Crippen LogP contribution in [0.5, 0.6) is 5.75 Å². The van der Waals surface area contributed by atoms with Crippen LogP contribution in [-0.4, -0.2) is 17.5 Å². The van der Waals surface area contributed by atoms with Gasteiger partial charge in [0.1, 0.15) is 11.5 Å². The summed E-state index contributed by atoms with van der Waals surface area (Å²) in [5, 5.41) is 8.23. The van der Waals surface area contributed by atoms with Crippen LogP contribution in [0.3, 0.4) is 0 Å². The number of furan rings is 1. The predicted octanol–water partition coefficient (Wildman–Crippen LogP) is 3.86. The van der Waals surface area contributed by atoms with Crippen LogP contribution < -0.4 is 4.74 Å². The van der Waals surface area contributed by atoms with E-state index in [2.05, 4.69) is 5.10 Å². The van der Waals surface area contributed by atoms with Crippen LogP contribution in [-0.2, 0) is 4.74 Å². The van der Waals surface area contributed by atoms with Crippen LogP contribution in [0.1, 0.15) is 16.7 Å². The SMILES string of the molecule is Cc1ccccc1OCC1=NN2C(=CSC2c2ccco2)O1. The molecule has 22 heavy (non-hydrogen) atoms. The molecule has 112 valence electrons. The first-order valence-corrected chi connectivity index (χ1v) is 7.87. The zero-order valence-corrected chi connectivity index (χ0v) is 12.7. The minimum atomic E-state index is -0.0130. The first-order chi connectivity index (χ1) is 10.8. The van der Waals surface area contributed by atoms with Crippen LogP contribution >= 0.6 is 11.8 Å². The lowest BCUT2D eigenvalue weighted by atomic mass is 10.2. The summed E-state index contributed by atoms with van der Waals surface area (Å²) < 4.78 is 17.0. The molecule has 1 unspecified atom stereocenters. The van der Waals surface area contributed by atoms with E-state index in [0.29, 0.717) is 12.5 Å². The second kappa shape index (κ2) is 5.46. The Balaban J connectivity index is 1.46. The Labute approximate surface area is 132 Å². The highest BCUT2D eigenvalue weighted by atomic mass is 32.2. The molecule has 0 spiro atoms. The highest BCUT2D eigenvalue weighted by Crippen LogP contribution is 2.45. The third kappa shape index (κ3) is 2.35. The van der Waals surface area contributed by atoms with E-state index < -0.39 is 0 Å². The maximum Gasteiger partial charge on any atom is 0.252 e. The maximum absolute atomic E-state index is 5.77. The third-order valence-electron chi connectivity index (χ3n) is 3.42. The first kappa shape index (κ1) is 13.3. The lowest BCUT2D eigenvalue weighted by Crippen LogP contribution is -2.12. The Morgan fingerprint density at radius 1 is 1.27 bits per heavy atom. The standard InChI is InChI=1S/C16H14N2O3S/c1-11-5-2-3-6-12(11)20-9-14-17-18-15(21-14)10-22-16(18)13-7-4-8-19-13/h2-8,10,16H,9H2,1H3.